The van der Waals surface area contributed by atoms with Crippen LogP contribution in [0.5, 0.6) is 0 Å². The minimum atomic E-state index is -1.98. The smallest absolute Gasteiger partial charge is 0.311 e. The van der Waals surface area contributed by atoms with Gasteiger partial charge in [0.2, 0.25) is 6.79 Å². The number of nitrogens with zero attached hydrogens (tertiary/aromatic N) is 2. The van der Waals surface area contributed by atoms with Crippen molar-refractivity contribution in [2.75, 3.05) is 55.1 Å². The summed E-state index contributed by atoms with van der Waals surface area (Å²) in [6.45, 7) is 17.2. The number of aliphatic hydroxyl groups excluding tert-OH is 3. The van der Waals surface area contributed by atoms with E-state index in [1.54, 1.807) is 62.5 Å². The van der Waals surface area contributed by atoms with Crippen molar-refractivity contribution in [1.82, 2.24) is 4.90 Å². The van der Waals surface area contributed by atoms with Crippen LogP contribution in [0.4, 0.5) is 0 Å². The van der Waals surface area contributed by atoms with Gasteiger partial charge in [-0.1, -0.05) is 32.9 Å². The third kappa shape index (κ3) is 13.0. The topological polar surface area (TPSA) is 226 Å². The van der Waals surface area contributed by atoms with Crippen LogP contribution in [0, 0.1) is 23.7 Å². The van der Waals surface area contributed by atoms with E-state index in [4.69, 9.17) is 47.5 Å². The van der Waals surface area contributed by atoms with Crippen LogP contribution in [0.15, 0.2) is 5.16 Å². The number of carbonyl (C=O) groups is 1. The Hall–Kier alpha value is -1.62. The molecule has 18 atom stereocenters. The molecule has 0 spiro atoms. The van der Waals surface area contributed by atoms with Crippen molar-refractivity contribution in [2.24, 2.45) is 28.8 Å². The van der Waals surface area contributed by atoms with Gasteiger partial charge in [0.15, 0.2) is 19.4 Å². The second-order valence-corrected chi connectivity index (χ2v) is 18.1. The van der Waals surface area contributed by atoms with E-state index in [1.165, 1.54) is 14.0 Å². The molecule has 3 aliphatic rings. The number of likely N-dealkylation sites (N-methyl/N-ethyl adjacent to an activating group) is 1. The van der Waals surface area contributed by atoms with Gasteiger partial charge >= 0.3 is 5.97 Å². The highest BCUT2D eigenvalue weighted by atomic mass is 16.8. The van der Waals surface area contributed by atoms with Gasteiger partial charge in [0.25, 0.3) is 0 Å². The van der Waals surface area contributed by atoms with Gasteiger partial charge in [-0.25, -0.2) is 0 Å². The van der Waals surface area contributed by atoms with Gasteiger partial charge in [-0.15, -0.1) is 0 Å². The molecule has 0 bridgehead atoms. The number of methoxy groups -OCH3 is 2. The predicted molar refractivity (Wildman–Crippen MR) is 218 cm³/mol. The molecule has 18 heteroatoms. The fourth-order valence-electron chi connectivity index (χ4n) is 9.03. The van der Waals surface area contributed by atoms with Crippen LogP contribution >= 0.6 is 0 Å². The van der Waals surface area contributed by atoms with Gasteiger partial charge in [-0.2, -0.15) is 0 Å². The molecule has 18 nitrogen and oxygen atoms in total. The molecule has 3 rings (SSSR count). The lowest BCUT2D eigenvalue weighted by atomic mass is 9.73. The fourth-order valence-corrected chi connectivity index (χ4v) is 9.03. The lowest BCUT2D eigenvalue weighted by Crippen LogP contribution is -2.61. The summed E-state index contributed by atoms with van der Waals surface area (Å²) in [5.41, 5.74) is -4.56. The van der Waals surface area contributed by atoms with E-state index in [2.05, 4.69) is 5.16 Å². The minimum absolute atomic E-state index is 0.0481. The average molecular weight is 867 g/mol. The molecule has 0 amide bonds. The van der Waals surface area contributed by atoms with E-state index in [0.29, 0.717) is 19.6 Å². The van der Waals surface area contributed by atoms with Gasteiger partial charge in [0.05, 0.1) is 66.6 Å². The molecule has 0 aromatic rings. The average Bonchev–Trinajstić information content (AvgIpc) is 3.18. The van der Waals surface area contributed by atoms with Crippen molar-refractivity contribution in [1.29, 1.82) is 0 Å². The highest BCUT2D eigenvalue weighted by Crippen LogP contribution is 2.41. The van der Waals surface area contributed by atoms with Crippen molar-refractivity contribution in [2.45, 2.75) is 179 Å². The van der Waals surface area contributed by atoms with Crippen molar-refractivity contribution >= 4 is 11.7 Å². The Labute approximate surface area is 357 Å². The zero-order chi connectivity index (χ0) is 45.3. The quantitative estimate of drug-likeness (QED) is 0.0688. The normalized spacial score (nSPS) is 44.7. The third-order valence-electron chi connectivity index (χ3n) is 12.8. The van der Waals surface area contributed by atoms with E-state index in [0.717, 1.165) is 0 Å². The van der Waals surface area contributed by atoms with Gasteiger partial charge in [-0.05, 0) is 74.9 Å². The fraction of sp³-hybridized carbons (Fsp3) is 0.952. The largest absolute Gasteiger partial charge is 0.459 e. The van der Waals surface area contributed by atoms with E-state index in [-0.39, 0.29) is 50.7 Å². The highest BCUT2D eigenvalue weighted by molar-refractivity contribution is 5.88. The van der Waals surface area contributed by atoms with Crippen molar-refractivity contribution < 1.29 is 77.8 Å². The second kappa shape index (κ2) is 22.8. The summed E-state index contributed by atoms with van der Waals surface area (Å²) >= 11 is 0. The summed E-state index contributed by atoms with van der Waals surface area (Å²) in [7, 11) is 6.76. The summed E-state index contributed by atoms with van der Waals surface area (Å²) in [5.74, 6) is -4.22. The maximum absolute atomic E-state index is 14.4. The number of oxime groups is 1. The standard InChI is InChI=1S/C42H78N2O16/c1-15-30-42(10,50)35(46)25(4)32(43-55-22-54-21-53-17-16-51-13)23(2)19-40(8,49)37(60-39-33(45)29(44(11)12)18-24(3)56-39)26(5)34(27(6)38(48)58-30)59-31-20-41(9,52-14)36(47)28(7)57-31/h23-31,33-37,39,45-47,49-50H,15-22H2,1-14H3/b43-32-/t23-,24-,25+,26+,27-,28+,29+,30-,31-,33-,34+,35-,36-,37-,39+,40-,41+,42-/m1/s1. The van der Waals surface area contributed by atoms with Gasteiger partial charge in [-0.3, -0.25) is 4.79 Å². The molecule has 3 aliphatic heterocycles. The van der Waals surface area contributed by atoms with Crippen LogP contribution in [0.3, 0.4) is 0 Å². The summed E-state index contributed by atoms with van der Waals surface area (Å²) in [4.78, 5) is 21.8. The Balaban J connectivity index is 2.18. The summed E-state index contributed by atoms with van der Waals surface area (Å²) < 4.78 is 53.4. The molecule has 3 heterocycles. The number of hydrogen-bond donors (Lipinski definition) is 5. The summed E-state index contributed by atoms with van der Waals surface area (Å²) in [6.07, 6.45) is -9.64. The molecule has 0 saturated carbocycles. The Kier molecular flexibility index (Phi) is 20.1. The summed E-state index contributed by atoms with van der Waals surface area (Å²) in [5, 5.41) is 63.7. The minimum Gasteiger partial charge on any atom is -0.459 e. The van der Waals surface area contributed by atoms with Crippen molar-refractivity contribution in [3.63, 3.8) is 0 Å². The molecular formula is C42H78N2O16. The maximum atomic E-state index is 14.4. The number of carbonyl (C=O) groups excluding carboxylic acids is 1. The number of hydrogen-bond acceptors (Lipinski definition) is 18. The number of rotatable bonds is 15. The molecule has 5 N–H and O–H groups in total. The first kappa shape index (κ1) is 52.7. The molecule has 352 valence electrons. The first-order valence-electron chi connectivity index (χ1n) is 21.3. The molecule has 0 aromatic heterocycles. The van der Waals surface area contributed by atoms with E-state index in [1.807, 2.05) is 25.9 Å². The first-order valence-corrected chi connectivity index (χ1v) is 21.3. The number of cyclic esters (lactones) is 1. The maximum Gasteiger partial charge on any atom is 0.311 e. The summed E-state index contributed by atoms with van der Waals surface area (Å²) in [6, 6.07) is -0.336. The Morgan fingerprint density at radius 3 is 2.13 bits per heavy atom. The van der Waals surface area contributed by atoms with E-state index >= 15 is 0 Å². The van der Waals surface area contributed by atoms with Crippen LogP contribution in [-0.4, -0.2) is 181 Å². The number of aliphatic hydroxyl groups is 5. The van der Waals surface area contributed by atoms with Crippen molar-refractivity contribution in [3.8, 4) is 0 Å². The number of esters is 1. The van der Waals surface area contributed by atoms with E-state index in [9.17, 15) is 30.3 Å². The van der Waals surface area contributed by atoms with Crippen LogP contribution in [0.1, 0.15) is 94.9 Å². The lowest BCUT2D eigenvalue weighted by Gasteiger charge is -2.49. The zero-order valence-electron chi connectivity index (χ0n) is 38.4. The van der Waals surface area contributed by atoms with Gasteiger partial charge in [0, 0.05) is 44.4 Å². The first-order chi connectivity index (χ1) is 28.0. The number of ether oxygens (including phenoxy) is 9. The Morgan fingerprint density at radius 1 is 0.867 bits per heavy atom. The zero-order valence-corrected chi connectivity index (χ0v) is 38.4. The van der Waals surface area contributed by atoms with E-state index < -0.39 is 102 Å². The second-order valence-electron chi connectivity index (χ2n) is 18.1. The monoisotopic (exact) mass is 867 g/mol. The van der Waals surface area contributed by atoms with Crippen molar-refractivity contribution in [3.05, 3.63) is 0 Å². The van der Waals surface area contributed by atoms with Crippen LogP contribution in [-0.2, 0) is 52.3 Å². The molecule has 0 aromatic carbocycles. The third-order valence-corrected chi connectivity index (χ3v) is 12.8. The van der Waals surface area contributed by atoms with Gasteiger partial charge in [0.1, 0.15) is 23.9 Å². The lowest BCUT2D eigenvalue weighted by molar-refractivity contribution is -0.317. The molecule has 3 fully saturated rings. The van der Waals surface area contributed by atoms with Crippen LogP contribution in [0.2, 0.25) is 0 Å². The highest BCUT2D eigenvalue weighted by Gasteiger charge is 2.53. The molecule has 60 heavy (non-hydrogen) atoms. The molecule has 3 saturated heterocycles. The molecule has 0 radical (unpaired) electrons. The van der Waals surface area contributed by atoms with Crippen LogP contribution < -0.4 is 0 Å². The Bertz CT molecular complexity index is 1340. The molecule has 0 unspecified atom stereocenters. The SMILES string of the molecule is CC[C@H]1OC(=O)[C@H](C)[C@@H](O[C@@H]2C[C@](C)(OC)[C@H](O)[C@H](C)O2)[C@H](C)[C@@H](O[C@@H]2O[C@H](C)C[C@H](N(C)C)[C@H]2O)[C@](C)(O)C[C@@H](C)/C(=N/OCOCOCCOC)[C@H](C)[C@@H](O)[C@]1(C)O. The molecular weight excluding hydrogens is 788 g/mol. The van der Waals surface area contributed by atoms with Crippen LogP contribution in [0.25, 0.3) is 0 Å². The van der Waals surface area contributed by atoms with Gasteiger partial charge < -0.3 is 77.9 Å². The Morgan fingerprint density at radius 2 is 1.53 bits per heavy atom. The predicted octanol–water partition coefficient (Wildman–Crippen LogP) is 2.18. The molecule has 0 aliphatic carbocycles.